The Kier molecular flexibility index (Phi) is 3.42. The van der Waals surface area contributed by atoms with Crippen LogP contribution in [0.3, 0.4) is 0 Å². The minimum absolute atomic E-state index is 0.246. The third-order valence-corrected chi connectivity index (χ3v) is 2.63. The van der Waals surface area contributed by atoms with Crippen LogP contribution >= 0.6 is 11.6 Å². The van der Waals surface area contributed by atoms with Crippen molar-refractivity contribution in [2.24, 2.45) is 0 Å². The van der Waals surface area contributed by atoms with Crippen molar-refractivity contribution in [2.75, 3.05) is 5.32 Å². The third kappa shape index (κ3) is 2.74. The van der Waals surface area contributed by atoms with Crippen LogP contribution in [0.5, 0.6) is 0 Å². The van der Waals surface area contributed by atoms with Crippen molar-refractivity contribution in [1.82, 2.24) is 0 Å². The molecule has 2 aromatic carbocycles. The lowest BCUT2D eigenvalue weighted by Crippen LogP contribution is -1.99. The Hall–Kier alpha value is -1.54. The molecule has 0 aromatic heterocycles. The van der Waals surface area contributed by atoms with E-state index in [4.69, 9.17) is 11.6 Å². The van der Waals surface area contributed by atoms with Crippen molar-refractivity contribution in [3.05, 3.63) is 64.9 Å². The molecule has 0 bridgehead atoms. The lowest BCUT2D eigenvalue weighted by Gasteiger charge is -2.07. The van der Waals surface area contributed by atoms with Crippen LogP contribution in [0.25, 0.3) is 0 Å². The Labute approximate surface area is 98.9 Å². The summed E-state index contributed by atoms with van der Waals surface area (Å²) in [5, 5.41) is 3.83. The Morgan fingerprint density at radius 1 is 1.06 bits per heavy atom. The molecule has 0 heterocycles. The Bertz CT molecular complexity index is 485. The van der Waals surface area contributed by atoms with Crippen molar-refractivity contribution in [1.29, 1.82) is 0 Å². The number of nitrogens with one attached hydrogen (secondary N) is 1. The van der Waals surface area contributed by atoms with E-state index in [9.17, 15) is 4.39 Å². The van der Waals surface area contributed by atoms with Crippen molar-refractivity contribution in [2.45, 2.75) is 6.54 Å². The van der Waals surface area contributed by atoms with Gasteiger partial charge in [-0.15, -0.1) is 0 Å². The summed E-state index contributed by atoms with van der Waals surface area (Å²) in [7, 11) is 0. The van der Waals surface area contributed by atoms with Gasteiger partial charge in [0.1, 0.15) is 5.82 Å². The van der Waals surface area contributed by atoms with E-state index in [0.717, 1.165) is 11.3 Å². The molecule has 0 fully saturated rings. The van der Waals surface area contributed by atoms with Gasteiger partial charge in [0, 0.05) is 17.3 Å². The molecule has 0 aliphatic rings. The first-order valence-electron chi connectivity index (χ1n) is 4.98. The molecule has 0 unspecified atom stereocenters. The van der Waals surface area contributed by atoms with Gasteiger partial charge in [-0.1, -0.05) is 35.9 Å². The monoisotopic (exact) mass is 235 g/mol. The molecule has 0 saturated heterocycles. The number of anilines is 1. The summed E-state index contributed by atoms with van der Waals surface area (Å²) >= 11 is 6.01. The van der Waals surface area contributed by atoms with Crippen LogP contribution in [0, 0.1) is 5.82 Å². The fourth-order valence-corrected chi connectivity index (χ4v) is 1.64. The maximum atomic E-state index is 12.9. The minimum atomic E-state index is -0.246. The summed E-state index contributed by atoms with van der Waals surface area (Å²) in [5.74, 6) is -0.246. The van der Waals surface area contributed by atoms with Gasteiger partial charge in [-0.25, -0.2) is 4.39 Å². The zero-order valence-electron chi connectivity index (χ0n) is 8.58. The number of hydrogen-bond donors (Lipinski definition) is 1. The summed E-state index contributed by atoms with van der Waals surface area (Å²) in [6.45, 7) is 0.586. The molecule has 0 spiro atoms. The lowest BCUT2D eigenvalue weighted by molar-refractivity contribution is 0.628. The highest BCUT2D eigenvalue weighted by Gasteiger charge is 1.99. The van der Waals surface area contributed by atoms with Crippen LogP contribution in [0.2, 0.25) is 5.02 Å². The number of hydrogen-bond acceptors (Lipinski definition) is 1. The SMILES string of the molecule is Fc1cccc(NCc2ccccc2Cl)c1. The molecule has 0 atom stereocenters. The highest BCUT2D eigenvalue weighted by molar-refractivity contribution is 6.31. The molecule has 16 heavy (non-hydrogen) atoms. The van der Waals surface area contributed by atoms with Crippen molar-refractivity contribution >= 4 is 17.3 Å². The maximum Gasteiger partial charge on any atom is 0.125 e. The standard InChI is InChI=1S/C13H11ClFN/c14-13-7-2-1-4-10(13)9-16-12-6-3-5-11(15)8-12/h1-8,16H,9H2. The highest BCUT2D eigenvalue weighted by Crippen LogP contribution is 2.17. The van der Waals surface area contributed by atoms with Crippen molar-refractivity contribution in [3.8, 4) is 0 Å². The Balaban J connectivity index is 2.05. The molecule has 2 rings (SSSR count). The molecule has 1 N–H and O–H groups in total. The van der Waals surface area contributed by atoms with Gasteiger partial charge in [-0.3, -0.25) is 0 Å². The first-order chi connectivity index (χ1) is 7.75. The average Bonchev–Trinajstić information content (AvgIpc) is 2.28. The number of benzene rings is 2. The van der Waals surface area contributed by atoms with Gasteiger partial charge < -0.3 is 5.32 Å². The van der Waals surface area contributed by atoms with Crippen molar-refractivity contribution in [3.63, 3.8) is 0 Å². The topological polar surface area (TPSA) is 12.0 Å². The van der Waals surface area contributed by atoms with Crippen LogP contribution < -0.4 is 5.32 Å². The largest absolute Gasteiger partial charge is 0.381 e. The summed E-state index contributed by atoms with van der Waals surface area (Å²) in [6.07, 6.45) is 0. The van der Waals surface area contributed by atoms with Gasteiger partial charge in [0.2, 0.25) is 0 Å². The third-order valence-electron chi connectivity index (χ3n) is 2.27. The predicted octanol–water partition coefficient (Wildman–Crippen LogP) is 4.09. The predicted molar refractivity (Wildman–Crippen MR) is 65.2 cm³/mol. The Morgan fingerprint density at radius 3 is 2.62 bits per heavy atom. The normalized spacial score (nSPS) is 10.1. The van der Waals surface area contributed by atoms with E-state index < -0.39 is 0 Å². The smallest absolute Gasteiger partial charge is 0.125 e. The van der Waals surface area contributed by atoms with Gasteiger partial charge in [0.05, 0.1) is 0 Å². The summed E-state index contributed by atoms with van der Waals surface area (Å²) in [4.78, 5) is 0. The highest BCUT2D eigenvalue weighted by atomic mass is 35.5. The summed E-state index contributed by atoms with van der Waals surface area (Å²) in [5.41, 5.74) is 1.74. The van der Waals surface area contributed by atoms with E-state index in [1.807, 2.05) is 30.3 Å². The van der Waals surface area contributed by atoms with E-state index in [1.54, 1.807) is 6.07 Å². The summed E-state index contributed by atoms with van der Waals surface area (Å²) in [6, 6.07) is 13.9. The molecule has 0 saturated carbocycles. The lowest BCUT2D eigenvalue weighted by atomic mass is 10.2. The van der Waals surface area contributed by atoms with E-state index >= 15 is 0 Å². The van der Waals surface area contributed by atoms with Crippen LogP contribution in [-0.2, 0) is 6.54 Å². The quantitative estimate of drug-likeness (QED) is 0.845. The second kappa shape index (κ2) is 4.99. The minimum Gasteiger partial charge on any atom is -0.381 e. The van der Waals surface area contributed by atoms with Gasteiger partial charge in [-0.05, 0) is 29.8 Å². The second-order valence-electron chi connectivity index (χ2n) is 3.46. The van der Waals surface area contributed by atoms with Crippen LogP contribution in [0.4, 0.5) is 10.1 Å². The average molecular weight is 236 g/mol. The number of halogens is 2. The van der Waals surface area contributed by atoms with Crippen LogP contribution in [0.1, 0.15) is 5.56 Å². The van der Waals surface area contributed by atoms with Gasteiger partial charge in [0.25, 0.3) is 0 Å². The second-order valence-corrected chi connectivity index (χ2v) is 3.86. The molecular weight excluding hydrogens is 225 g/mol. The first kappa shape index (κ1) is 11.0. The molecule has 0 aliphatic carbocycles. The zero-order chi connectivity index (χ0) is 11.4. The van der Waals surface area contributed by atoms with E-state index in [2.05, 4.69) is 5.32 Å². The number of rotatable bonds is 3. The van der Waals surface area contributed by atoms with E-state index in [1.165, 1.54) is 12.1 Å². The molecule has 82 valence electrons. The molecule has 0 amide bonds. The Morgan fingerprint density at radius 2 is 1.88 bits per heavy atom. The van der Waals surface area contributed by atoms with Gasteiger partial charge in [-0.2, -0.15) is 0 Å². The molecular formula is C13H11ClFN. The van der Waals surface area contributed by atoms with Gasteiger partial charge in [0.15, 0.2) is 0 Å². The fourth-order valence-electron chi connectivity index (χ4n) is 1.44. The van der Waals surface area contributed by atoms with Crippen LogP contribution in [-0.4, -0.2) is 0 Å². The van der Waals surface area contributed by atoms with Crippen molar-refractivity contribution < 1.29 is 4.39 Å². The van der Waals surface area contributed by atoms with Gasteiger partial charge >= 0.3 is 0 Å². The molecule has 0 aliphatic heterocycles. The maximum absolute atomic E-state index is 12.9. The molecule has 2 aromatic rings. The first-order valence-corrected chi connectivity index (χ1v) is 5.36. The molecule has 3 heteroatoms. The molecule has 1 nitrogen and oxygen atoms in total. The van der Waals surface area contributed by atoms with E-state index in [-0.39, 0.29) is 5.82 Å². The summed E-state index contributed by atoms with van der Waals surface area (Å²) < 4.78 is 12.9. The zero-order valence-corrected chi connectivity index (χ0v) is 9.34. The van der Waals surface area contributed by atoms with Crippen LogP contribution in [0.15, 0.2) is 48.5 Å². The van der Waals surface area contributed by atoms with E-state index in [0.29, 0.717) is 11.6 Å². The molecule has 0 radical (unpaired) electrons. The fraction of sp³-hybridized carbons (Fsp3) is 0.0769.